The number of hydrogen-bond acceptors (Lipinski definition) is 2. The minimum atomic E-state index is 0.191. The van der Waals surface area contributed by atoms with Crippen LogP contribution in [0, 0.1) is 5.92 Å². The second-order valence-electron chi connectivity index (χ2n) is 6.97. The molecule has 1 aliphatic rings. The highest BCUT2D eigenvalue weighted by atomic mass is 16.5. The largest absolute Gasteiger partial charge is 0.497 e. The average Bonchev–Trinajstić information content (AvgIpc) is 3.33. The summed E-state index contributed by atoms with van der Waals surface area (Å²) in [5.74, 6) is 1.33. The summed E-state index contributed by atoms with van der Waals surface area (Å²) in [5.41, 5.74) is 2.32. The Labute approximate surface area is 156 Å². The van der Waals surface area contributed by atoms with E-state index in [0.29, 0.717) is 13.1 Å². The number of carbonyl (C=O) groups excluding carboxylic acids is 1. The monoisotopic (exact) mass is 352 g/mol. The van der Waals surface area contributed by atoms with Crippen LogP contribution in [0.1, 0.15) is 36.9 Å². The van der Waals surface area contributed by atoms with Crippen molar-refractivity contribution >= 4 is 5.91 Å². The molecule has 0 unspecified atom stereocenters. The zero-order valence-corrected chi connectivity index (χ0v) is 15.6. The van der Waals surface area contributed by atoms with Gasteiger partial charge in [-0.2, -0.15) is 0 Å². The van der Waals surface area contributed by atoms with Crippen molar-refractivity contribution in [2.24, 2.45) is 5.92 Å². The van der Waals surface area contributed by atoms with Crippen LogP contribution < -0.4 is 4.74 Å². The fourth-order valence-corrected chi connectivity index (χ4v) is 3.73. The normalized spacial score (nSPS) is 14.3. The predicted molar refractivity (Wildman–Crippen MR) is 104 cm³/mol. The van der Waals surface area contributed by atoms with Gasteiger partial charge in [-0.1, -0.05) is 31.1 Å². The predicted octanol–water partition coefficient (Wildman–Crippen LogP) is 4.25. The van der Waals surface area contributed by atoms with E-state index < -0.39 is 0 Å². The van der Waals surface area contributed by atoms with Crippen molar-refractivity contribution < 1.29 is 9.53 Å². The summed E-state index contributed by atoms with van der Waals surface area (Å²) < 4.78 is 7.52. The smallest absolute Gasteiger partial charge is 0.226 e. The van der Waals surface area contributed by atoms with Gasteiger partial charge >= 0.3 is 0 Å². The molecule has 1 heterocycles. The van der Waals surface area contributed by atoms with Crippen molar-refractivity contribution in [1.82, 2.24) is 9.47 Å². The van der Waals surface area contributed by atoms with Crippen LogP contribution in [0.2, 0.25) is 0 Å². The maximum absolute atomic E-state index is 12.9. The van der Waals surface area contributed by atoms with Gasteiger partial charge in [-0.25, -0.2) is 0 Å². The quantitative estimate of drug-likeness (QED) is 0.666. The third-order valence-electron chi connectivity index (χ3n) is 5.13. The third-order valence-corrected chi connectivity index (χ3v) is 5.13. The standard InChI is InChI=1S/C22H28N2O2/c1-3-13-24(22(25)19-9-4-5-10-19)17-20-11-7-14-23(20)16-18-8-6-12-21(15-18)26-2/h3,6-8,11-12,14-15,19H,1,4-5,9-10,13,16-17H2,2H3. The van der Waals surface area contributed by atoms with Crippen LogP contribution in [0.15, 0.2) is 55.3 Å². The Morgan fingerprint density at radius 2 is 2.12 bits per heavy atom. The number of rotatable bonds is 8. The highest BCUT2D eigenvalue weighted by Crippen LogP contribution is 2.27. The molecule has 1 aromatic heterocycles. The number of ether oxygens (including phenoxy) is 1. The molecule has 2 aromatic rings. The van der Waals surface area contributed by atoms with Gasteiger partial charge in [0.1, 0.15) is 5.75 Å². The van der Waals surface area contributed by atoms with Crippen molar-refractivity contribution in [3.8, 4) is 5.75 Å². The van der Waals surface area contributed by atoms with Crippen molar-refractivity contribution in [2.75, 3.05) is 13.7 Å². The van der Waals surface area contributed by atoms with Gasteiger partial charge in [0, 0.05) is 30.9 Å². The van der Waals surface area contributed by atoms with E-state index in [-0.39, 0.29) is 11.8 Å². The summed E-state index contributed by atoms with van der Waals surface area (Å²) >= 11 is 0. The SMILES string of the molecule is C=CCN(Cc1cccn1Cc1cccc(OC)c1)C(=O)C1CCCC1. The Bertz CT molecular complexity index is 744. The van der Waals surface area contributed by atoms with Gasteiger partial charge < -0.3 is 14.2 Å². The summed E-state index contributed by atoms with van der Waals surface area (Å²) in [5, 5.41) is 0. The minimum absolute atomic E-state index is 0.191. The summed E-state index contributed by atoms with van der Waals surface area (Å²) in [4.78, 5) is 14.8. The van der Waals surface area contributed by atoms with E-state index in [0.717, 1.165) is 30.8 Å². The Morgan fingerprint density at radius 1 is 1.31 bits per heavy atom. The lowest BCUT2D eigenvalue weighted by molar-refractivity contribution is -0.135. The molecule has 0 radical (unpaired) electrons. The number of carbonyl (C=O) groups is 1. The number of nitrogens with zero attached hydrogens (tertiary/aromatic N) is 2. The summed E-state index contributed by atoms with van der Waals surface area (Å²) in [6.45, 7) is 5.82. The zero-order valence-electron chi connectivity index (χ0n) is 15.6. The molecule has 1 aromatic carbocycles. The van der Waals surface area contributed by atoms with E-state index in [2.05, 4.69) is 35.5 Å². The molecule has 0 aliphatic heterocycles. The molecule has 3 rings (SSSR count). The van der Waals surface area contributed by atoms with E-state index in [1.54, 1.807) is 7.11 Å². The van der Waals surface area contributed by atoms with E-state index >= 15 is 0 Å². The van der Waals surface area contributed by atoms with Crippen LogP contribution in [0.25, 0.3) is 0 Å². The molecular weight excluding hydrogens is 324 g/mol. The molecule has 0 atom stereocenters. The van der Waals surface area contributed by atoms with Gasteiger partial charge in [0.15, 0.2) is 0 Å². The van der Waals surface area contributed by atoms with Gasteiger partial charge in [0.05, 0.1) is 13.7 Å². The van der Waals surface area contributed by atoms with Crippen LogP contribution in [-0.2, 0) is 17.9 Å². The topological polar surface area (TPSA) is 34.5 Å². The average molecular weight is 352 g/mol. The van der Waals surface area contributed by atoms with Gasteiger partial charge in [0.2, 0.25) is 5.91 Å². The van der Waals surface area contributed by atoms with Crippen LogP contribution in [-0.4, -0.2) is 29.0 Å². The first-order valence-corrected chi connectivity index (χ1v) is 9.38. The highest BCUT2D eigenvalue weighted by Gasteiger charge is 2.27. The van der Waals surface area contributed by atoms with Crippen LogP contribution in [0.5, 0.6) is 5.75 Å². The van der Waals surface area contributed by atoms with E-state index in [9.17, 15) is 4.79 Å². The maximum Gasteiger partial charge on any atom is 0.226 e. The molecule has 0 saturated heterocycles. The first kappa shape index (κ1) is 18.3. The summed E-state index contributed by atoms with van der Waals surface area (Å²) in [6.07, 6.45) is 8.28. The van der Waals surface area contributed by atoms with Crippen molar-refractivity contribution in [3.63, 3.8) is 0 Å². The third kappa shape index (κ3) is 4.37. The molecule has 4 nitrogen and oxygen atoms in total. The number of amides is 1. The maximum atomic E-state index is 12.9. The molecule has 1 saturated carbocycles. The van der Waals surface area contributed by atoms with E-state index in [4.69, 9.17) is 4.74 Å². The summed E-state index contributed by atoms with van der Waals surface area (Å²) in [7, 11) is 1.68. The molecule has 0 spiro atoms. The Hall–Kier alpha value is -2.49. The number of methoxy groups -OCH3 is 1. The molecule has 1 fully saturated rings. The van der Waals surface area contributed by atoms with Crippen molar-refractivity contribution in [1.29, 1.82) is 0 Å². The van der Waals surface area contributed by atoms with Crippen molar-refractivity contribution in [2.45, 2.75) is 38.8 Å². The lowest BCUT2D eigenvalue weighted by Gasteiger charge is -2.25. The second-order valence-corrected chi connectivity index (χ2v) is 6.97. The van der Waals surface area contributed by atoms with Crippen LogP contribution >= 0.6 is 0 Å². The number of hydrogen-bond donors (Lipinski definition) is 0. The molecule has 4 heteroatoms. The molecule has 1 aliphatic carbocycles. The molecule has 26 heavy (non-hydrogen) atoms. The second kappa shape index (κ2) is 8.75. The Balaban J connectivity index is 1.73. The zero-order chi connectivity index (χ0) is 18.4. The van der Waals surface area contributed by atoms with Gasteiger partial charge in [-0.3, -0.25) is 4.79 Å². The Morgan fingerprint density at radius 3 is 2.85 bits per heavy atom. The fourth-order valence-electron chi connectivity index (χ4n) is 3.73. The van der Waals surface area contributed by atoms with Gasteiger partial charge in [-0.05, 0) is 42.7 Å². The Kier molecular flexibility index (Phi) is 6.16. The highest BCUT2D eigenvalue weighted by molar-refractivity contribution is 5.79. The fraction of sp³-hybridized carbons (Fsp3) is 0.409. The van der Waals surface area contributed by atoms with Gasteiger partial charge in [0.25, 0.3) is 0 Å². The lowest BCUT2D eigenvalue weighted by atomic mass is 10.1. The minimum Gasteiger partial charge on any atom is -0.497 e. The number of aromatic nitrogens is 1. The van der Waals surface area contributed by atoms with Crippen molar-refractivity contribution in [3.05, 3.63) is 66.5 Å². The lowest BCUT2D eigenvalue weighted by Crippen LogP contribution is -2.35. The van der Waals surface area contributed by atoms with E-state index in [1.807, 2.05) is 29.2 Å². The molecule has 138 valence electrons. The molecule has 0 N–H and O–H groups in total. The van der Waals surface area contributed by atoms with Gasteiger partial charge in [-0.15, -0.1) is 6.58 Å². The van der Waals surface area contributed by atoms with Crippen LogP contribution in [0.4, 0.5) is 0 Å². The molecule has 0 bridgehead atoms. The first-order valence-electron chi connectivity index (χ1n) is 9.38. The molecular formula is C22H28N2O2. The first-order chi connectivity index (χ1) is 12.7. The van der Waals surface area contributed by atoms with E-state index in [1.165, 1.54) is 18.4 Å². The summed E-state index contributed by atoms with van der Waals surface area (Å²) in [6, 6.07) is 12.2. The molecule has 1 amide bonds. The van der Waals surface area contributed by atoms with Crippen LogP contribution in [0.3, 0.4) is 0 Å². The number of benzene rings is 1.